The molecule has 1 aliphatic heterocycles. The van der Waals surface area contributed by atoms with Crippen molar-refractivity contribution in [3.05, 3.63) is 63.3 Å². The number of nitrogens with zero attached hydrogens (tertiary/aromatic N) is 2. The molecule has 2 N–H and O–H groups in total. The molecule has 168 valence electrons. The van der Waals surface area contributed by atoms with Gasteiger partial charge in [0, 0.05) is 28.8 Å². The predicted octanol–water partition coefficient (Wildman–Crippen LogP) is 4.71. The molecule has 4 aromatic rings. The van der Waals surface area contributed by atoms with Crippen LogP contribution in [0, 0.1) is 0 Å². The molecule has 10 heteroatoms. The van der Waals surface area contributed by atoms with E-state index in [2.05, 4.69) is 15.3 Å². The van der Waals surface area contributed by atoms with Gasteiger partial charge < -0.3 is 15.2 Å². The van der Waals surface area contributed by atoms with Crippen molar-refractivity contribution >= 4 is 67.8 Å². The second-order valence-corrected chi connectivity index (χ2v) is 10.3. The summed E-state index contributed by atoms with van der Waals surface area (Å²) in [6, 6.07) is 11.3. The smallest absolute Gasteiger partial charge is 0.260 e. The number of aromatic nitrogens is 2. The zero-order chi connectivity index (χ0) is 22.8. The van der Waals surface area contributed by atoms with Crippen LogP contribution in [-0.4, -0.2) is 34.1 Å². The van der Waals surface area contributed by atoms with E-state index in [0.29, 0.717) is 40.4 Å². The molecule has 0 aliphatic carbocycles. The zero-order valence-corrected chi connectivity index (χ0v) is 19.9. The van der Waals surface area contributed by atoms with Crippen LogP contribution in [-0.2, 0) is 15.3 Å². The topological polar surface area (TPSA) is 95.2 Å². The quantitative estimate of drug-likeness (QED) is 0.386. The third kappa shape index (κ3) is 4.59. The van der Waals surface area contributed by atoms with Crippen molar-refractivity contribution in [2.24, 2.45) is 0 Å². The van der Waals surface area contributed by atoms with E-state index in [-0.39, 0.29) is 23.1 Å². The molecule has 1 aromatic carbocycles. The molecule has 7 nitrogen and oxygen atoms in total. The SMILES string of the molecule is O=C(CSCc1nc2scc(-c3cccs3)c2c(=O)[nH]1)Nc1ccccc1N1CCCC1=O. The summed E-state index contributed by atoms with van der Waals surface area (Å²) < 4.78 is 0. The van der Waals surface area contributed by atoms with E-state index in [4.69, 9.17) is 0 Å². The Morgan fingerprint density at radius 3 is 2.85 bits per heavy atom. The molecule has 0 spiro atoms. The van der Waals surface area contributed by atoms with Gasteiger partial charge in [-0.05, 0) is 30.0 Å². The van der Waals surface area contributed by atoms with Crippen LogP contribution in [0.15, 0.2) is 52.0 Å². The Labute approximate surface area is 201 Å². The highest BCUT2D eigenvalue weighted by atomic mass is 32.2. The average molecular weight is 497 g/mol. The number of nitrogens with one attached hydrogen (secondary N) is 2. The third-order valence-corrected chi connectivity index (χ3v) is 8.01. The molecular formula is C23H20N4O3S3. The van der Waals surface area contributed by atoms with Gasteiger partial charge in [-0.25, -0.2) is 4.98 Å². The molecule has 0 bridgehead atoms. The monoisotopic (exact) mass is 496 g/mol. The van der Waals surface area contributed by atoms with Crippen LogP contribution in [0.1, 0.15) is 18.7 Å². The number of rotatable bonds is 7. The van der Waals surface area contributed by atoms with E-state index in [1.807, 2.05) is 41.1 Å². The highest BCUT2D eigenvalue weighted by Gasteiger charge is 2.24. The van der Waals surface area contributed by atoms with E-state index >= 15 is 0 Å². The van der Waals surface area contributed by atoms with Crippen molar-refractivity contribution in [1.29, 1.82) is 0 Å². The third-order valence-electron chi connectivity index (χ3n) is 5.29. The van der Waals surface area contributed by atoms with Crippen LogP contribution in [0.3, 0.4) is 0 Å². The first-order chi connectivity index (χ1) is 16.1. The summed E-state index contributed by atoms with van der Waals surface area (Å²) in [6.45, 7) is 0.666. The highest BCUT2D eigenvalue weighted by Crippen LogP contribution is 2.33. The maximum atomic E-state index is 12.7. The standard InChI is InChI=1S/C23H20N4O3S3/c28-19(24-15-5-1-2-6-16(15)27-9-3-8-20(27)29)13-31-12-18-25-22(30)21-14(11-33-23(21)26-18)17-7-4-10-32-17/h1-2,4-7,10-11H,3,8-9,12-13H2,(H,24,28)(H,25,26,30). The first-order valence-corrected chi connectivity index (χ1v) is 13.3. The number of hydrogen-bond acceptors (Lipinski definition) is 7. The molecule has 33 heavy (non-hydrogen) atoms. The minimum absolute atomic E-state index is 0.0762. The summed E-state index contributed by atoms with van der Waals surface area (Å²) in [4.78, 5) is 48.3. The minimum Gasteiger partial charge on any atom is -0.324 e. The number of thiophene rings is 2. The molecule has 3 aromatic heterocycles. The number of thioether (sulfide) groups is 1. The highest BCUT2D eigenvalue weighted by molar-refractivity contribution is 7.99. The normalized spacial score (nSPS) is 13.7. The second-order valence-electron chi connectivity index (χ2n) is 7.53. The second kappa shape index (κ2) is 9.50. The van der Waals surface area contributed by atoms with Crippen molar-refractivity contribution in [2.75, 3.05) is 22.5 Å². The van der Waals surface area contributed by atoms with Crippen molar-refractivity contribution in [1.82, 2.24) is 9.97 Å². The lowest BCUT2D eigenvalue weighted by Crippen LogP contribution is -2.26. The maximum absolute atomic E-state index is 12.7. The van der Waals surface area contributed by atoms with Gasteiger partial charge in [-0.2, -0.15) is 0 Å². The lowest BCUT2D eigenvalue weighted by atomic mass is 10.2. The molecule has 1 aliphatic rings. The molecule has 2 amide bonds. The Balaban J connectivity index is 1.23. The summed E-state index contributed by atoms with van der Waals surface area (Å²) in [5, 5.41) is 7.47. The fraction of sp³-hybridized carbons (Fsp3) is 0.217. The van der Waals surface area contributed by atoms with Crippen LogP contribution >= 0.6 is 34.4 Å². The summed E-state index contributed by atoms with van der Waals surface area (Å²) >= 11 is 4.42. The number of carbonyl (C=O) groups is 2. The first kappa shape index (κ1) is 21.9. The number of amides is 2. The number of para-hydroxylation sites is 2. The van der Waals surface area contributed by atoms with Crippen molar-refractivity contribution in [3.63, 3.8) is 0 Å². The minimum atomic E-state index is -0.168. The Morgan fingerprint density at radius 2 is 2.06 bits per heavy atom. The number of fused-ring (bicyclic) bond motifs is 1. The fourth-order valence-corrected chi connectivity index (χ4v) is 6.29. The van der Waals surface area contributed by atoms with Crippen LogP contribution in [0.2, 0.25) is 0 Å². The van der Waals surface area contributed by atoms with Crippen LogP contribution < -0.4 is 15.8 Å². The van der Waals surface area contributed by atoms with Crippen LogP contribution in [0.25, 0.3) is 20.7 Å². The van der Waals surface area contributed by atoms with Crippen LogP contribution in [0.4, 0.5) is 11.4 Å². The lowest BCUT2D eigenvalue weighted by molar-refractivity contribution is -0.117. The maximum Gasteiger partial charge on any atom is 0.260 e. The van der Waals surface area contributed by atoms with Gasteiger partial charge in [0.2, 0.25) is 11.8 Å². The van der Waals surface area contributed by atoms with Crippen molar-refractivity contribution in [2.45, 2.75) is 18.6 Å². The summed E-state index contributed by atoms with van der Waals surface area (Å²) in [5.74, 6) is 1.07. The van der Waals surface area contributed by atoms with Gasteiger partial charge in [0.15, 0.2) is 0 Å². The average Bonchev–Trinajstić information content (AvgIpc) is 3.55. The molecule has 5 rings (SSSR count). The van der Waals surface area contributed by atoms with Gasteiger partial charge in [-0.15, -0.1) is 34.4 Å². The Hall–Kier alpha value is -2.95. The fourth-order valence-electron chi connectivity index (χ4n) is 3.82. The summed E-state index contributed by atoms with van der Waals surface area (Å²) in [7, 11) is 0. The van der Waals surface area contributed by atoms with Gasteiger partial charge in [0.25, 0.3) is 5.56 Å². The predicted molar refractivity (Wildman–Crippen MR) is 136 cm³/mol. The molecule has 0 unspecified atom stereocenters. The molecule has 1 fully saturated rings. The van der Waals surface area contributed by atoms with Gasteiger partial charge in [0.1, 0.15) is 10.7 Å². The first-order valence-electron chi connectivity index (χ1n) is 10.4. The van der Waals surface area contributed by atoms with Crippen molar-refractivity contribution in [3.8, 4) is 10.4 Å². The zero-order valence-electron chi connectivity index (χ0n) is 17.5. The molecule has 0 radical (unpaired) electrons. The summed E-state index contributed by atoms with van der Waals surface area (Å²) in [6.07, 6.45) is 1.36. The lowest BCUT2D eigenvalue weighted by Gasteiger charge is -2.19. The van der Waals surface area contributed by atoms with E-state index in [1.54, 1.807) is 22.3 Å². The number of carbonyl (C=O) groups excluding carboxylic acids is 2. The Bertz CT molecular complexity index is 1380. The largest absolute Gasteiger partial charge is 0.324 e. The van der Waals surface area contributed by atoms with Gasteiger partial charge >= 0.3 is 0 Å². The molecular weight excluding hydrogens is 476 g/mol. The molecule has 0 saturated carbocycles. The molecule has 0 atom stereocenters. The number of aromatic amines is 1. The Kier molecular flexibility index (Phi) is 6.30. The van der Waals surface area contributed by atoms with E-state index in [9.17, 15) is 14.4 Å². The summed E-state index contributed by atoms with van der Waals surface area (Å²) in [5.41, 5.74) is 2.11. The van der Waals surface area contributed by atoms with Gasteiger partial charge in [-0.1, -0.05) is 18.2 Å². The van der Waals surface area contributed by atoms with E-state index in [1.165, 1.54) is 23.1 Å². The number of anilines is 2. The number of hydrogen-bond donors (Lipinski definition) is 2. The molecule has 4 heterocycles. The molecule has 1 saturated heterocycles. The number of benzene rings is 1. The van der Waals surface area contributed by atoms with E-state index < -0.39 is 0 Å². The van der Waals surface area contributed by atoms with Crippen molar-refractivity contribution < 1.29 is 9.59 Å². The van der Waals surface area contributed by atoms with Gasteiger partial charge in [-0.3, -0.25) is 14.4 Å². The van der Waals surface area contributed by atoms with E-state index in [0.717, 1.165) is 22.5 Å². The van der Waals surface area contributed by atoms with Crippen LogP contribution in [0.5, 0.6) is 0 Å². The van der Waals surface area contributed by atoms with Gasteiger partial charge in [0.05, 0.1) is 28.3 Å². The number of H-pyrrole nitrogens is 1. The Morgan fingerprint density at radius 1 is 1.18 bits per heavy atom.